The van der Waals surface area contributed by atoms with Gasteiger partial charge in [-0.05, 0) is 18.1 Å². The summed E-state index contributed by atoms with van der Waals surface area (Å²) in [6, 6.07) is 6.91. The van der Waals surface area contributed by atoms with Crippen LogP contribution < -0.4 is 9.47 Å². The fraction of sp³-hybridized carbons (Fsp3) is 0.529. The first kappa shape index (κ1) is 18.0. The molecule has 0 aliphatic carbocycles. The van der Waals surface area contributed by atoms with Crippen LogP contribution in [0.15, 0.2) is 24.3 Å². The molecule has 1 saturated heterocycles. The molecule has 1 atom stereocenters. The van der Waals surface area contributed by atoms with E-state index in [9.17, 15) is 14.0 Å². The van der Waals surface area contributed by atoms with Crippen LogP contribution in [0.2, 0.25) is 0 Å². The molecular weight excluding hydrogens is 317 g/mol. The van der Waals surface area contributed by atoms with Crippen molar-refractivity contribution in [3.05, 3.63) is 24.3 Å². The molecule has 7 heteroatoms. The molecule has 2 rings (SSSR count). The van der Waals surface area contributed by atoms with Gasteiger partial charge in [0.25, 0.3) is 5.91 Å². The zero-order valence-corrected chi connectivity index (χ0v) is 13.8. The van der Waals surface area contributed by atoms with Crippen LogP contribution in [0, 0.1) is 5.92 Å². The van der Waals surface area contributed by atoms with Gasteiger partial charge in [-0.25, -0.2) is 9.18 Å². The van der Waals surface area contributed by atoms with Gasteiger partial charge in [-0.1, -0.05) is 19.9 Å². The minimum absolute atomic E-state index is 0.0720. The number of hydrogen-bond acceptors (Lipinski definition) is 4. The van der Waals surface area contributed by atoms with Crippen molar-refractivity contribution in [1.29, 1.82) is 0 Å². The monoisotopic (exact) mass is 339 g/mol. The first-order valence-electron chi connectivity index (χ1n) is 7.86. The molecule has 1 heterocycles. The number of aliphatic carboxylic acids is 1. The van der Waals surface area contributed by atoms with Gasteiger partial charge in [0.1, 0.15) is 11.5 Å². The standard InChI is InChI=1S/C17H22FNO5/c1-12(2)9-23-13-4-3-5-14(8-13)24-10-15(20)19-7-6-17(18,11-19)16(21)22/h3-5,8,12H,6-7,9-11H2,1-2H3,(H,21,22). The van der Waals surface area contributed by atoms with Crippen LogP contribution >= 0.6 is 0 Å². The number of hydrogen-bond donors (Lipinski definition) is 1. The molecule has 1 unspecified atom stereocenters. The van der Waals surface area contributed by atoms with Gasteiger partial charge in [0.2, 0.25) is 5.67 Å². The third kappa shape index (κ3) is 4.59. The minimum Gasteiger partial charge on any atom is -0.493 e. The van der Waals surface area contributed by atoms with Crippen LogP contribution in [0.4, 0.5) is 4.39 Å². The highest BCUT2D eigenvalue weighted by molar-refractivity contribution is 5.83. The first-order chi connectivity index (χ1) is 11.3. The van der Waals surface area contributed by atoms with Crippen molar-refractivity contribution >= 4 is 11.9 Å². The van der Waals surface area contributed by atoms with E-state index in [0.717, 1.165) is 0 Å². The molecule has 0 radical (unpaired) electrons. The van der Waals surface area contributed by atoms with Gasteiger partial charge in [-0.3, -0.25) is 4.79 Å². The van der Waals surface area contributed by atoms with E-state index < -0.39 is 24.1 Å². The van der Waals surface area contributed by atoms with Crippen molar-refractivity contribution in [3.8, 4) is 11.5 Å². The Morgan fingerprint density at radius 1 is 1.33 bits per heavy atom. The molecule has 0 bridgehead atoms. The molecule has 0 aromatic heterocycles. The van der Waals surface area contributed by atoms with Crippen molar-refractivity contribution in [2.75, 3.05) is 26.3 Å². The Balaban J connectivity index is 1.86. The van der Waals surface area contributed by atoms with Crippen molar-refractivity contribution in [2.45, 2.75) is 25.9 Å². The van der Waals surface area contributed by atoms with Gasteiger partial charge in [0.15, 0.2) is 6.61 Å². The molecule has 24 heavy (non-hydrogen) atoms. The Kier molecular flexibility index (Phi) is 5.64. The van der Waals surface area contributed by atoms with E-state index in [-0.39, 0.29) is 19.6 Å². The number of benzene rings is 1. The Hall–Kier alpha value is -2.31. The van der Waals surface area contributed by atoms with Crippen LogP contribution in [0.1, 0.15) is 20.3 Å². The van der Waals surface area contributed by atoms with Crippen molar-refractivity contribution in [3.63, 3.8) is 0 Å². The van der Waals surface area contributed by atoms with Crippen molar-refractivity contribution in [2.24, 2.45) is 5.92 Å². The number of amides is 1. The molecular formula is C17H22FNO5. The largest absolute Gasteiger partial charge is 0.493 e. The Morgan fingerprint density at radius 3 is 2.58 bits per heavy atom. The number of halogens is 1. The third-order valence-corrected chi connectivity index (χ3v) is 3.71. The van der Waals surface area contributed by atoms with Crippen LogP contribution in [-0.4, -0.2) is 53.9 Å². The summed E-state index contributed by atoms with van der Waals surface area (Å²) in [5, 5.41) is 8.84. The van der Waals surface area contributed by atoms with Gasteiger partial charge in [0, 0.05) is 19.0 Å². The van der Waals surface area contributed by atoms with Crippen LogP contribution in [0.3, 0.4) is 0 Å². The summed E-state index contributed by atoms with van der Waals surface area (Å²) in [6.45, 7) is 4.01. The summed E-state index contributed by atoms with van der Waals surface area (Å²) in [5.74, 6) is -0.475. The van der Waals surface area contributed by atoms with Gasteiger partial charge in [-0.2, -0.15) is 0 Å². The molecule has 1 N–H and O–H groups in total. The van der Waals surface area contributed by atoms with Crippen LogP contribution in [-0.2, 0) is 9.59 Å². The van der Waals surface area contributed by atoms with Crippen molar-refractivity contribution < 1.29 is 28.6 Å². The summed E-state index contributed by atoms with van der Waals surface area (Å²) >= 11 is 0. The van der Waals surface area contributed by atoms with Gasteiger partial charge >= 0.3 is 5.97 Å². The maximum absolute atomic E-state index is 14.0. The summed E-state index contributed by atoms with van der Waals surface area (Å²) in [7, 11) is 0. The summed E-state index contributed by atoms with van der Waals surface area (Å²) < 4.78 is 25.0. The molecule has 1 aliphatic heterocycles. The highest BCUT2D eigenvalue weighted by Gasteiger charge is 2.46. The zero-order valence-electron chi connectivity index (χ0n) is 13.8. The highest BCUT2D eigenvalue weighted by atomic mass is 19.1. The van der Waals surface area contributed by atoms with Gasteiger partial charge < -0.3 is 19.5 Å². The lowest BCUT2D eigenvalue weighted by Gasteiger charge is -2.18. The van der Waals surface area contributed by atoms with E-state index in [1.165, 1.54) is 4.90 Å². The Labute approximate surface area is 140 Å². The molecule has 0 saturated carbocycles. The van der Waals surface area contributed by atoms with Crippen LogP contribution in [0.25, 0.3) is 0 Å². The number of nitrogens with zero attached hydrogens (tertiary/aromatic N) is 1. The molecule has 6 nitrogen and oxygen atoms in total. The average molecular weight is 339 g/mol. The topological polar surface area (TPSA) is 76.1 Å². The van der Waals surface area contributed by atoms with E-state index in [1.54, 1.807) is 24.3 Å². The second-order valence-corrected chi connectivity index (χ2v) is 6.30. The lowest BCUT2D eigenvalue weighted by molar-refractivity contribution is -0.150. The Morgan fingerprint density at radius 2 is 2.00 bits per heavy atom. The number of carbonyl (C=O) groups excluding carboxylic acids is 1. The molecule has 1 aromatic carbocycles. The predicted molar refractivity (Wildman–Crippen MR) is 84.9 cm³/mol. The van der Waals surface area contributed by atoms with Crippen LogP contribution in [0.5, 0.6) is 11.5 Å². The molecule has 1 aromatic rings. The highest BCUT2D eigenvalue weighted by Crippen LogP contribution is 2.26. The van der Waals surface area contributed by atoms with E-state index in [1.807, 2.05) is 13.8 Å². The normalized spacial score (nSPS) is 20.2. The zero-order chi connectivity index (χ0) is 17.7. The minimum atomic E-state index is -2.36. The quantitative estimate of drug-likeness (QED) is 0.823. The summed E-state index contributed by atoms with van der Waals surface area (Å²) in [5.41, 5.74) is -2.36. The van der Waals surface area contributed by atoms with E-state index in [4.69, 9.17) is 14.6 Å². The van der Waals surface area contributed by atoms with E-state index in [2.05, 4.69) is 0 Å². The fourth-order valence-electron chi connectivity index (χ4n) is 2.31. The molecule has 1 fully saturated rings. The number of carboxylic acid groups (broad SMARTS) is 1. The average Bonchev–Trinajstić information content (AvgIpc) is 2.95. The SMILES string of the molecule is CC(C)COc1cccc(OCC(=O)N2CCC(F)(C(=O)O)C2)c1. The fourth-order valence-corrected chi connectivity index (χ4v) is 2.31. The number of carbonyl (C=O) groups is 2. The second-order valence-electron chi connectivity index (χ2n) is 6.30. The van der Waals surface area contributed by atoms with Crippen molar-refractivity contribution in [1.82, 2.24) is 4.90 Å². The number of rotatable bonds is 7. The Bertz CT molecular complexity index is 606. The second kappa shape index (κ2) is 7.51. The molecule has 0 spiro atoms. The van der Waals surface area contributed by atoms with Gasteiger partial charge in [0.05, 0.1) is 13.2 Å². The molecule has 1 aliphatic rings. The maximum Gasteiger partial charge on any atom is 0.343 e. The first-order valence-corrected chi connectivity index (χ1v) is 7.86. The number of likely N-dealkylation sites (tertiary alicyclic amines) is 1. The maximum atomic E-state index is 14.0. The smallest absolute Gasteiger partial charge is 0.343 e. The lowest BCUT2D eigenvalue weighted by Crippen LogP contribution is -2.40. The number of carboxylic acids is 1. The van der Waals surface area contributed by atoms with Gasteiger partial charge in [-0.15, -0.1) is 0 Å². The van der Waals surface area contributed by atoms with E-state index >= 15 is 0 Å². The molecule has 1 amide bonds. The predicted octanol–water partition coefficient (Wildman–Crippen LogP) is 2.13. The summed E-state index contributed by atoms with van der Waals surface area (Å²) in [6.07, 6.45) is -0.202. The van der Waals surface area contributed by atoms with E-state index in [0.29, 0.717) is 24.0 Å². The number of ether oxygens (including phenoxy) is 2. The summed E-state index contributed by atoms with van der Waals surface area (Å²) in [4.78, 5) is 24.1. The lowest BCUT2D eigenvalue weighted by atomic mass is 10.1. The number of alkyl halides is 1. The third-order valence-electron chi connectivity index (χ3n) is 3.71. The molecule has 132 valence electrons.